The molecule has 0 amide bonds. The van der Waals surface area contributed by atoms with E-state index in [1.54, 1.807) is 13.8 Å². The first kappa shape index (κ1) is 10.5. The Balaban J connectivity index is 3.27. The number of rotatable bonds is 2. The Bertz CT molecular complexity index is 351. The van der Waals surface area contributed by atoms with Gasteiger partial charge in [-0.3, -0.25) is 4.79 Å². The van der Waals surface area contributed by atoms with Gasteiger partial charge in [0.05, 0.1) is 0 Å². The molecule has 4 nitrogen and oxygen atoms in total. The molecule has 0 saturated heterocycles. The van der Waals surface area contributed by atoms with E-state index in [9.17, 15) is 9.90 Å². The van der Waals surface area contributed by atoms with Crippen molar-refractivity contribution in [2.75, 3.05) is 0 Å². The van der Waals surface area contributed by atoms with Crippen LogP contribution in [0.2, 0.25) is 0 Å². The van der Waals surface area contributed by atoms with Crippen LogP contribution < -0.4 is 5.73 Å². The third-order valence-corrected chi connectivity index (χ3v) is 2.16. The second-order valence-corrected chi connectivity index (χ2v) is 3.31. The van der Waals surface area contributed by atoms with Crippen molar-refractivity contribution in [3.63, 3.8) is 0 Å². The molecule has 14 heavy (non-hydrogen) atoms. The van der Waals surface area contributed by atoms with Gasteiger partial charge in [0, 0.05) is 0 Å². The molecule has 0 fully saturated rings. The molecule has 1 atom stereocenters. The number of nitrogens with two attached hydrogens (primary N) is 1. The standard InChI is InChI=1S/C10H13NO3/c1-5-3-7(12)4-6(2)8(5)9(11)10(13)14/h3-4,9,12H,11H2,1-2H3,(H,13,14). The second-order valence-electron chi connectivity index (χ2n) is 3.31. The number of aryl methyl sites for hydroxylation is 2. The lowest BCUT2D eigenvalue weighted by Crippen LogP contribution is -2.22. The molecule has 4 N–H and O–H groups in total. The lowest BCUT2D eigenvalue weighted by Gasteiger charge is -2.14. The highest BCUT2D eigenvalue weighted by Gasteiger charge is 2.19. The maximum absolute atomic E-state index is 10.7. The van der Waals surface area contributed by atoms with Gasteiger partial charge in [0.1, 0.15) is 11.8 Å². The van der Waals surface area contributed by atoms with Crippen molar-refractivity contribution < 1.29 is 15.0 Å². The first-order valence-corrected chi connectivity index (χ1v) is 4.22. The van der Waals surface area contributed by atoms with Gasteiger partial charge in [-0.2, -0.15) is 0 Å². The number of benzene rings is 1. The molecule has 0 bridgehead atoms. The van der Waals surface area contributed by atoms with Gasteiger partial charge >= 0.3 is 5.97 Å². The van der Waals surface area contributed by atoms with Gasteiger partial charge < -0.3 is 15.9 Å². The van der Waals surface area contributed by atoms with Crippen LogP contribution in [0.25, 0.3) is 0 Å². The van der Waals surface area contributed by atoms with Crippen molar-refractivity contribution in [3.8, 4) is 5.75 Å². The van der Waals surface area contributed by atoms with Crippen molar-refractivity contribution in [1.82, 2.24) is 0 Å². The summed E-state index contributed by atoms with van der Waals surface area (Å²) in [4.78, 5) is 10.7. The molecule has 1 unspecified atom stereocenters. The second kappa shape index (κ2) is 3.67. The summed E-state index contributed by atoms with van der Waals surface area (Å²) in [6.07, 6.45) is 0. The Labute approximate surface area is 82.0 Å². The van der Waals surface area contributed by atoms with Gasteiger partial charge in [-0.05, 0) is 42.7 Å². The van der Waals surface area contributed by atoms with E-state index in [0.717, 1.165) is 0 Å². The van der Waals surface area contributed by atoms with E-state index >= 15 is 0 Å². The third-order valence-electron chi connectivity index (χ3n) is 2.16. The van der Waals surface area contributed by atoms with E-state index in [0.29, 0.717) is 16.7 Å². The molecule has 1 aromatic rings. The summed E-state index contributed by atoms with van der Waals surface area (Å²) in [5.74, 6) is -0.941. The summed E-state index contributed by atoms with van der Waals surface area (Å²) in [7, 11) is 0. The minimum Gasteiger partial charge on any atom is -0.508 e. The fourth-order valence-electron chi connectivity index (χ4n) is 1.57. The van der Waals surface area contributed by atoms with Gasteiger partial charge in [-0.25, -0.2) is 0 Å². The Kier molecular flexibility index (Phi) is 2.76. The Morgan fingerprint density at radius 2 is 1.79 bits per heavy atom. The fourth-order valence-corrected chi connectivity index (χ4v) is 1.57. The first-order valence-electron chi connectivity index (χ1n) is 4.22. The molecule has 1 rings (SSSR count). The van der Waals surface area contributed by atoms with Crippen LogP contribution in [0.5, 0.6) is 5.75 Å². The van der Waals surface area contributed by atoms with E-state index in [-0.39, 0.29) is 5.75 Å². The molecule has 0 radical (unpaired) electrons. The highest BCUT2D eigenvalue weighted by atomic mass is 16.4. The summed E-state index contributed by atoms with van der Waals surface area (Å²) in [6, 6.07) is 1.98. The minimum atomic E-state index is -1.07. The van der Waals surface area contributed by atoms with Gasteiger partial charge in [-0.15, -0.1) is 0 Å². The SMILES string of the molecule is Cc1cc(O)cc(C)c1C(N)C(=O)O. The number of carbonyl (C=O) groups is 1. The summed E-state index contributed by atoms with van der Waals surface area (Å²) in [5, 5.41) is 18.0. The normalized spacial score (nSPS) is 12.5. The number of phenols is 1. The van der Waals surface area contributed by atoms with E-state index in [1.165, 1.54) is 12.1 Å². The zero-order valence-electron chi connectivity index (χ0n) is 8.11. The molecular formula is C10H13NO3. The lowest BCUT2D eigenvalue weighted by molar-refractivity contribution is -0.138. The van der Waals surface area contributed by atoms with Crippen molar-refractivity contribution in [1.29, 1.82) is 0 Å². The predicted molar refractivity (Wildman–Crippen MR) is 52.1 cm³/mol. The van der Waals surface area contributed by atoms with Crippen molar-refractivity contribution in [2.24, 2.45) is 5.73 Å². The molecule has 76 valence electrons. The third kappa shape index (κ3) is 1.85. The van der Waals surface area contributed by atoms with E-state index in [2.05, 4.69) is 0 Å². The number of phenolic OH excluding ortho intramolecular Hbond substituents is 1. The van der Waals surface area contributed by atoms with Crippen LogP contribution in [0.3, 0.4) is 0 Å². The Hall–Kier alpha value is -1.55. The summed E-state index contributed by atoms with van der Waals surface area (Å²) in [5.41, 5.74) is 7.46. The average Bonchev–Trinajstić information content (AvgIpc) is 2.01. The molecular weight excluding hydrogens is 182 g/mol. The lowest BCUT2D eigenvalue weighted by atomic mass is 9.96. The Morgan fingerprint density at radius 1 is 1.36 bits per heavy atom. The van der Waals surface area contributed by atoms with Crippen LogP contribution in [-0.2, 0) is 4.79 Å². The van der Waals surface area contributed by atoms with Gasteiger partial charge in [-0.1, -0.05) is 0 Å². The number of aliphatic carboxylic acids is 1. The Morgan fingerprint density at radius 3 is 2.14 bits per heavy atom. The molecule has 4 heteroatoms. The van der Waals surface area contributed by atoms with Crippen molar-refractivity contribution in [3.05, 3.63) is 28.8 Å². The number of carboxylic acid groups (broad SMARTS) is 1. The zero-order chi connectivity index (χ0) is 10.9. The first-order chi connectivity index (χ1) is 6.43. The summed E-state index contributed by atoms with van der Waals surface area (Å²) in [6.45, 7) is 3.45. The maximum atomic E-state index is 10.7. The largest absolute Gasteiger partial charge is 0.508 e. The van der Waals surface area contributed by atoms with E-state index < -0.39 is 12.0 Å². The van der Waals surface area contributed by atoms with Crippen LogP contribution in [-0.4, -0.2) is 16.2 Å². The summed E-state index contributed by atoms with van der Waals surface area (Å²) >= 11 is 0. The van der Waals surface area contributed by atoms with Gasteiger partial charge in [0.25, 0.3) is 0 Å². The molecule has 0 aliphatic heterocycles. The smallest absolute Gasteiger partial charge is 0.325 e. The minimum absolute atomic E-state index is 0.126. The van der Waals surface area contributed by atoms with Crippen LogP contribution in [0, 0.1) is 13.8 Å². The highest BCUT2D eigenvalue weighted by molar-refractivity contribution is 5.76. The molecule has 0 saturated carbocycles. The van der Waals surface area contributed by atoms with Crippen LogP contribution in [0.4, 0.5) is 0 Å². The number of hydrogen-bond acceptors (Lipinski definition) is 3. The van der Waals surface area contributed by atoms with Gasteiger partial charge in [0.2, 0.25) is 0 Å². The van der Waals surface area contributed by atoms with Crippen molar-refractivity contribution >= 4 is 5.97 Å². The van der Waals surface area contributed by atoms with Crippen LogP contribution in [0.15, 0.2) is 12.1 Å². The highest BCUT2D eigenvalue weighted by Crippen LogP contribution is 2.25. The van der Waals surface area contributed by atoms with Crippen LogP contribution in [0.1, 0.15) is 22.7 Å². The van der Waals surface area contributed by atoms with Crippen molar-refractivity contribution in [2.45, 2.75) is 19.9 Å². The van der Waals surface area contributed by atoms with E-state index in [1.807, 2.05) is 0 Å². The molecule has 1 aromatic carbocycles. The summed E-state index contributed by atoms with van der Waals surface area (Å²) < 4.78 is 0. The zero-order valence-corrected chi connectivity index (χ0v) is 8.11. The average molecular weight is 195 g/mol. The predicted octanol–water partition coefficient (Wildman–Crippen LogP) is 1.09. The topological polar surface area (TPSA) is 83.5 Å². The molecule has 0 aromatic heterocycles. The number of hydrogen-bond donors (Lipinski definition) is 3. The molecule has 0 aliphatic rings. The fraction of sp³-hybridized carbons (Fsp3) is 0.300. The van der Waals surface area contributed by atoms with E-state index in [4.69, 9.17) is 10.8 Å². The van der Waals surface area contributed by atoms with Crippen LogP contribution >= 0.6 is 0 Å². The molecule has 0 heterocycles. The maximum Gasteiger partial charge on any atom is 0.325 e. The number of carboxylic acids is 1. The quantitative estimate of drug-likeness (QED) is 0.659. The van der Waals surface area contributed by atoms with Gasteiger partial charge in [0.15, 0.2) is 0 Å². The molecule has 0 spiro atoms. The number of aromatic hydroxyl groups is 1. The molecule has 0 aliphatic carbocycles. The monoisotopic (exact) mass is 195 g/mol.